The van der Waals surface area contributed by atoms with E-state index < -0.39 is 5.54 Å². The molecule has 0 aromatic heterocycles. The number of nitrogens with zero attached hydrogens (tertiary/aromatic N) is 3. The van der Waals surface area contributed by atoms with Gasteiger partial charge in [0.05, 0.1) is 19.7 Å². The summed E-state index contributed by atoms with van der Waals surface area (Å²) >= 11 is 0. The van der Waals surface area contributed by atoms with Gasteiger partial charge in [0.25, 0.3) is 0 Å². The maximum absolute atomic E-state index is 12.3. The van der Waals surface area contributed by atoms with Crippen LogP contribution in [0.15, 0.2) is 24.3 Å². The van der Waals surface area contributed by atoms with Crippen molar-refractivity contribution in [3.63, 3.8) is 0 Å². The molecule has 1 N–H and O–H groups in total. The number of benzene rings is 1. The van der Waals surface area contributed by atoms with Crippen molar-refractivity contribution in [2.45, 2.75) is 26.3 Å². The van der Waals surface area contributed by atoms with E-state index in [1.807, 2.05) is 38.1 Å². The van der Waals surface area contributed by atoms with Crippen LogP contribution in [0.4, 0.5) is 0 Å². The zero-order valence-electron chi connectivity index (χ0n) is 17.4. The first-order valence-corrected chi connectivity index (χ1v) is 9.80. The van der Waals surface area contributed by atoms with E-state index in [2.05, 4.69) is 21.2 Å². The Hall–Kier alpha value is -2.30. The molecule has 1 saturated heterocycles. The summed E-state index contributed by atoms with van der Waals surface area (Å²) in [5.41, 5.74) is -0.822. The van der Waals surface area contributed by atoms with Crippen molar-refractivity contribution in [2.24, 2.45) is 5.92 Å². The highest BCUT2D eigenvalue weighted by atomic mass is 16.5. The molecule has 1 aromatic rings. The Morgan fingerprint density at radius 2 is 1.75 bits per heavy atom. The third-order valence-electron chi connectivity index (χ3n) is 5.35. The fraction of sp³-hybridized carbons (Fsp3) is 0.619. The highest BCUT2D eigenvalue weighted by molar-refractivity contribution is 5.79. The molecule has 1 atom stereocenters. The Balaban J connectivity index is 1.66. The van der Waals surface area contributed by atoms with Gasteiger partial charge in [0.2, 0.25) is 5.91 Å². The van der Waals surface area contributed by atoms with E-state index in [1.165, 1.54) is 0 Å². The monoisotopic (exact) mass is 388 g/mol. The number of piperazine rings is 1. The molecule has 1 aliphatic rings. The summed E-state index contributed by atoms with van der Waals surface area (Å²) < 4.78 is 10.9. The zero-order chi connectivity index (χ0) is 20.6. The second kappa shape index (κ2) is 10.3. The van der Waals surface area contributed by atoms with E-state index in [-0.39, 0.29) is 11.8 Å². The third kappa shape index (κ3) is 6.39. The lowest BCUT2D eigenvalue weighted by atomic mass is 9.90. The molecule has 7 nitrogen and oxygen atoms in total. The lowest BCUT2D eigenvalue weighted by Crippen LogP contribution is -2.54. The summed E-state index contributed by atoms with van der Waals surface area (Å²) in [6, 6.07) is 9.79. The summed E-state index contributed by atoms with van der Waals surface area (Å²) in [6.07, 6.45) is 0. The van der Waals surface area contributed by atoms with E-state index in [4.69, 9.17) is 9.47 Å². The highest BCUT2D eigenvalue weighted by Crippen LogP contribution is 2.17. The maximum atomic E-state index is 12.3. The van der Waals surface area contributed by atoms with Gasteiger partial charge in [0.1, 0.15) is 23.6 Å². The number of methoxy groups -OCH3 is 1. The average molecular weight is 389 g/mol. The second-order valence-electron chi connectivity index (χ2n) is 7.66. The number of ether oxygens (including phenoxy) is 2. The van der Waals surface area contributed by atoms with Crippen LogP contribution in [0.2, 0.25) is 0 Å². The summed E-state index contributed by atoms with van der Waals surface area (Å²) in [7, 11) is 1.64. The molecule has 7 heteroatoms. The number of carbonyl (C=O) groups is 1. The van der Waals surface area contributed by atoms with Crippen LogP contribution in [0.25, 0.3) is 0 Å². The Morgan fingerprint density at radius 3 is 2.29 bits per heavy atom. The van der Waals surface area contributed by atoms with Gasteiger partial charge in [-0.2, -0.15) is 5.26 Å². The predicted molar refractivity (Wildman–Crippen MR) is 108 cm³/mol. The molecule has 0 saturated carbocycles. The van der Waals surface area contributed by atoms with E-state index >= 15 is 0 Å². The Bertz CT molecular complexity index is 663. The van der Waals surface area contributed by atoms with Crippen molar-refractivity contribution in [1.29, 1.82) is 5.26 Å². The van der Waals surface area contributed by atoms with Gasteiger partial charge >= 0.3 is 0 Å². The summed E-state index contributed by atoms with van der Waals surface area (Å²) in [5, 5.41) is 12.2. The van der Waals surface area contributed by atoms with Crippen molar-refractivity contribution in [2.75, 3.05) is 53.0 Å². The number of amides is 1. The van der Waals surface area contributed by atoms with Gasteiger partial charge in [-0.25, -0.2) is 0 Å². The molecule has 2 rings (SSSR count). The maximum Gasteiger partial charge on any atom is 0.235 e. The lowest BCUT2D eigenvalue weighted by molar-refractivity contribution is -0.124. The van der Waals surface area contributed by atoms with E-state index in [9.17, 15) is 10.1 Å². The number of nitriles is 1. The standard InChI is InChI=1S/C21H32N4O3/c1-17(2)21(3,16-22)23-20(26)15-25-11-9-24(10-12-25)13-14-28-19-7-5-18(27-4)6-8-19/h5-8,17H,9-15H2,1-4H3,(H,23,26)/t21-/m0/s1. The normalized spacial score (nSPS) is 17.6. The van der Waals surface area contributed by atoms with Crippen molar-refractivity contribution in [1.82, 2.24) is 15.1 Å². The molecule has 1 amide bonds. The fourth-order valence-electron chi connectivity index (χ4n) is 2.97. The Morgan fingerprint density at radius 1 is 1.18 bits per heavy atom. The van der Waals surface area contributed by atoms with Crippen LogP contribution < -0.4 is 14.8 Å². The number of nitrogens with one attached hydrogen (secondary N) is 1. The first kappa shape index (κ1) is 22.0. The van der Waals surface area contributed by atoms with E-state index in [0.717, 1.165) is 44.2 Å². The van der Waals surface area contributed by atoms with Crippen molar-refractivity contribution in [3.05, 3.63) is 24.3 Å². The molecule has 0 unspecified atom stereocenters. The van der Waals surface area contributed by atoms with Gasteiger partial charge in [-0.05, 0) is 37.1 Å². The fourth-order valence-corrected chi connectivity index (χ4v) is 2.97. The molecule has 28 heavy (non-hydrogen) atoms. The minimum Gasteiger partial charge on any atom is -0.497 e. The van der Waals surface area contributed by atoms with Crippen LogP contribution in [-0.4, -0.2) is 74.2 Å². The first-order valence-electron chi connectivity index (χ1n) is 9.80. The average Bonchev–Trinajstić information content (AvgIpc) is 2.69. The quantitative estimate of drug-likeness (QED) is 0.694. The highest BCUT2D eigenvalue weighted by Gasteiger charge is 2.30. The number of hydrogen-bond acceptors (Lipinski definition) is 6. The molecule has 0 bridgehead atoms. The Labute approximate surface area is 168 Å². The van der Waals surface area contributed by atoms with Crippen LogP contribution in [0.1, 0.15) is 20.8 Å². The lowest BCUT2D eigenvalue weighted by Gasteiger charge is -2.35. The van der Waals surface area contributed by atoms with Crippen LogP contribution in [0.3, 0.4) is 0 Å². The molecule has 0 aliphatic carbocycles. The minimum atomic E-state index is -0.822. The Kier molecular flexibility index (Phi) is 8.09. The van der Waals surface area contributed by atoms with Crippen LogP contribution in [-0.2, 0) is 4.79 Å². The first-order chi connectivity index (χ1) is 13.4. The predicted octanol–water partition coefficient (Wildman–Crippen LogP) is 1.75. The van der Waals surface area contributed by atoms with Crippen LogP contribution >= 0.6 is 0 Å². The SMILES string of the molecule is COc1ccc(OCCN2CCN(CC(=O)N[C@@](C)(C#N)C(C)C)CC2)cc1. The van der Waals surface area contributed by atoms with Gasteiger partial charge in [0.15, 0.2) is 0 Å². The van der Waals surface area contributed by atoms with Gasteiger partial charge in [-0.15, -0.1) is 0 Å². The molecule has 1 heterocycles. The minimum absolute atomic E-state index is 0.0593. The second-order valence-corrected chi connectivity index (χ2v) is 7.66. The smallest absolute Gasteiger partial charge is 0.235 e. The topological polar surface area (TPSA) is 77.8 Å². The summed E-state index contributed by atoms with van der Waals surface area (Å²) in [4.78, 5) is 16.8. The number of rotatable bonds is 9. The van der Waals surface area contributed by atoms with Gasteiger partial charge in [-0.1, -0.05) is 13.8 Å². The number of carbonyl (C=O) groups excluding carboxylic acids is 1. The molecule has 1 fully saturated rings. The summed E-state index contributed by atoms with van der Waals surface area (Å²) in [6.45, 7) is 10.9. The molecule has 154 valence electrons. The van der Waals surface area contributed by atoms with E-state index in [0.29, 0.717) is 13.2 Å². The molecule has 1 aliphatic heterocycles. The molecule has 0 spiro atoms. The van der Waals surface area contributed by atoms with E-state index in [1.54, 1.807) is 14.0 Å². The van der Waals surface area contributed by atoms with Gasteiger partial charge in [0, 0.05) is 32.7 Å². The van der Waals surface area contributed by atoms with Crippen molar-refractivity contribution in [3.8, 4) is 17.6 Å². The molecule has 1 aromatic carbocycles. The third-order valence-corrected chi connectivity index (χ3v) is 5.35. The molecule has 0 radical (unpaired) electrons. The van der Waals surface area contributed by atoms with Crippen LogP contribution in [0, 0.1) is 17.2 Å². The van der Waals surface area contributed by atoms with Crippen LogP contribution in [0.5, 0.6) is 11.5 Å². The summed E-state index contributed by atoms with van der Waals surface area (Å²) in [5.74, 6) is 1.62. The molecular weight excluding hydrogens is 356 g/mol. The van der Waals surface area contributed by atoms with Gasteiger partial charge in [-0.3, -0.25) is 14.6 Å². The van der Waals surface area contributed by atoms with Crippen molar-refractivity contribution < 1.29 is 14.3 Å². The number of hydrogen-bond donors (Lipinski definition) is 1. The largest absolute Gasteiger partial charge is 0.497 e. The van der Waals surface area contributed by atoms with Crippen molar-refractivity contribution >= 4 is 5.91 Å². The zero-order valence-corrected chi connectivity index (χ0v) is 17.4. The van der Waals surface area contributed by atoms with Gasteiger partial charge < -0.3 is 14.8 Å². The molecular formula is C21H32N4O3.